The molecule has 3 rings (SSSR count). The number of hydrogen-bond acceptors (Lipinski definition) is 4. The second kappa shape index (κ2) is 7.96. The molecule has 2 N–H and O–H groups in total. The summed E-state index contributed by atoms with van der Waals surface area (Å²) < 4.78 is 3.28. The summed E-state index contributed by atoms with van der Waals surface area (Å²) in [6, 6.07) is 3.42. The Balaban J connectivity index is 1.42. The van der Waals surface area contributed by atoms with Gasteiger partial charge in [0.25, 0.3) is 0 Å². The first-order valence-electron chi connectivity index (χ1n) is 8.76. The molecule has 2 aromatic rings. The second-order valence-electron chi connectivity index (χ2n) is 6.29. The molecule has 8 nitrogen and oxygen atoms in total. The maximum Gasteiger partial charge on any atom is 0.345 e. The molecule has 0 unspecified atom stereocenters. The topological polar surface area (TPSA) is 93.8 Å². The summed E-state index contributed by atoms with van der Waals surface area (Å²) in [5.74, 6) is 0.882. The molecule has 134 valence electrons. The lowest BCUT2D eigenvalue weighted by Gasteiger charge is -2.14. The molecule has 1 aliphatic rings. The highest BCUT2D eigenvalue weighted by atomic mass is 16.2. The van der Waals surface area contributed by atoms with Crippen LogP contribution >= 0.6 is 0 Å². The van der Waals surface area contributed by atoms with E-state index >= 15 is 0 Å². The number of rotatable bonds is 6. The highest BCUT2D eigenvalue weighted by Gasteiger charge is 2.16. The Morgan fingerprint density at radius 3 is 3.04 bits per heavy atom. The first-order valence-corrected chi connectivity index (χ1v) is 8.76. The minimum Gasteiger partial charge on any atom is -0.338 e. The maximum atomic E-state index is 12.2. The van der Waals surface area contributed by atoms with Crippen molar-refractivity contribution in [2.24, 2.45) is 0 Å². The summed E-state index contributed by atoms with van der Waals surface area (Å²) in [6.07, 6.45) is 7.09. The third-order valence-electron chi connectivity index (χ3n) is 4.40. The van der Waals surface area contributed by atoms with Gasteiger partial charge in [-0.25, -0.2) is 14.3 Å². The van der Waals surface area contributed by atoms with Gasteiger partial charge in [0.2, 0.25) is 0 Å². The van der Waals surface area contributed by atoms with Crippen molar-refractivity contribution in [3.8, 4) is 0 Å². The van der Waals surface area contributed by atoms with Crippen LogP contribution in [0, 0.1) is 0 Å². The Bertz CT molecular complexity index is 767. The number of aromatic nitrogens is 4. The van der Waals surface area contributed by atoms with E-state index in [-0.39, 0.29) is 17.8 Å². The lowest BCUT2D eigenvalue weighted by Crippen LogP contribution is -2.38. The van der Waals surface area contributed by atoms with E-state index in [0.29, 0.717) is 19.5 Å². The normalized spacial score (nSPS) is 14.6. The van der Waals surface area contributed by atoms with Crippen molar-refractivity contribution in [2.45, 2.75) is 51.7 Å². The molecule has 1 aliphatic heterocycles. The molecule has 0 fully saturated rings. The molecule has 0 spiro atoms. The largest absolute Gasteiger partial charge is 0.345 e. The number of fused-ring (bicyclic) bond motifs is 1. The van der Waals surface area contributed by atoms with Crippen molar-refractivity contribution in [2.75, 3.05) is 6.54 Å². The number of urea groups is 1. The van der Waals surface area contributed by atoms with Gasteiger partial charge in [-0.1, -0.05) is 6.07 Å². The monoisotopic (exact) mass is 344 g/mol. The third-order valence-corrected chi connectivity index (χ3v) is 4.40. The zero-order valence-corrected chi connectivity index (χ0v) is 14.4. The van der Waals surface area contributed by atoms with Gasteiger partial charge in [0.05, 0.1) is 6.04 Å². The smallest absolute Gasteiger partial charge is 0.338 e. The highest BCUT2D eigenvalue weighted by Crippen LogP contribution is 2.10. The number of carbonyl (C=O) groups excluding carboxylic acids is 1. The zero-order valence-electron chi connectivity index (χ0n) is 14.4. The zero-order chi connectivity index (χ0) is 17.6. The van der Waals surface area contributed by atoms with Crippen LogP contribution < -0.4 is 16.3 Å². The van der Waals surface area contributed by atoms with Gasteiger partial charge in [0.15, 0.2) is 0 Å². The van der Waals surface area contributed by atoms with Crippen LogP contribution in [-0.4, -0.2) is 31.9 Å². The summed E-state index contributed by atoms with van der Waals surface area (Å²) in [6.45, 7) is 3.67. The van der Waals surface area contributed by atoms with Crippen LogP contribution in [0.2, 0.25) is 0 Å². The molecule has 2 aromatic heterocycles. The van der Waals surface area contributed by atoms with Crippen LogP contribution in [-0.2, 0) is 19.5 Å². The predicted octanol–water partition coefficient (Wildman–Crippen LogP) is 1.23. The van der Waals surface area contributed by atoms with E-state index in [1.807, 2.05) is 19.1 Å². The van der Waals surface area contributed by atoms with E-state index in [4.69, 9.17) is 0 Å². The fourth-order valence-corrected chi connectivity index (χ4v) is 2.99. The lowest BCUT2D eigenvalue weighted by molar-refractivity contribution is 0.237. The van der Waals surface area contributed by atoms with E-state index in [9.17, 15) is 9.59 Å². The third kappa shape index (κ3) is 4.26. The number of amides is 2. The van der Waals surface area contributed by atoms with Crippen LogP contribution in [0.25, 0.3) is 0 Å². The lowest BCUT2D eigenvalue weighted by atomic mass is 10.1. The fourth-order valence-electron chi connectivity index (χ4n) is 2.99. The Kier molecular flexibility index (Phi) is 5.47. The molecule has 0 radical (unpaired) electrons. The standard InChI is InChI=1S/C17H24N6O2/c1-13(14-6-4-8-18-12-14)20-16(24)19-9-5-11-23-17(25)22-10-3-2-7-15(22)21-23/h4,6,8,12-13H,2-3,5,7,9-11H2,1H3,(H2,19,20,24)/t13-/m0/s1. The summed E-state index contributed by atoms with van der Waals surface area (Å²) in [7, 11) is 0. The molecule has 0 aromatic carbocycles. The van der Waals surface area contributed by atoms with Crippen LogP contribution in [0.5, 0.6) is 0 Å². The van der Waals surface area contributed by atoms with Crippen molar-refractivity contribution in [3.63, 3.8) is 0 Å². The van der Waals surface area contributed by atoms with Crippen LogP contribution in [0.4, 0.5) is 4.79 Å². The SMILES string of the molecule is C[C@H](NC(=O)NCCCn1nc2n(c1=O)CCCC2)c1cccnc1. The Hall–Kier alpha value is -2.64. The number of hydrogen-bond donors (Lipinski definition) is 2. The number of nitrogens with zero attached hydrogens (tertiary/aromatic N) is 4. The van der Waals surface area contributed by atoms with Gasteiger partial charge in [0, 0.05) is 38.4 Å². The van der Waals surface area contributed by atoms with E-state index in [0.717, 1.165) is 37.2 Å². The molecular weight excluding hydrogens is 320 g/mol. The van der Waals surface area contributed by atoms with Crippen molar-refractivity contribution < 1.29 is 4.79 Å². The minimum absolute atomic E-state index is 0.0376. The van der Waals surface area contributed by atoms with Crippen LogP contribution in [0.15, 0.2) is 29.3 Å². The molecule has 0 bridgehead atoms. The summed E-state index contributed by atoms with van der Waals surface area (Å²) >= 11 is 0. The maximum absolute atomic E-state index is 12.2. The molecule has 8 heteroatoms. The summed E-state index contributed by atoms with van der Waals surface area (Å²) in [5.41, 5.74) is 0.914. The molecule has 2 amide bonds. The minimum atomic E-state index is -0.229. The molecule has 0 aliphatic carbocycles. The molecule has 0 saturated carbocycles. The van der Waals surface area contributed by atoms with Gasteiger partial charge in [-0.15, -0.1) is 0 Å². The fraction of sp³-hybridized carbons (Fsp3) is 0.529. The van der Waals surface area contributed by atoms with Crippen molar-refractivity contribution in [3.05, 3.63) is 46.4 Å². The van der Waals surface area contributed by atoms with E-state index in [1.165, 1.54) is 4.68 Å². The summed E-state index contributed by atoms with van der Waals surface area (Å²) in [4.78, 5) is 28.2. The van der Waals surface area contributed by atoms with Gasteiger partial charge < -0.3 is 10.6 Å². The molecule has 1 atom stereocenters. The predicted molar refractivity (Wildman–Crippen MR) is 93.2 cm³/mol. The van der Waals surface area contributed by atoms with Crippen molar-refractivity contribution in [1.29, 1.82) is 0 Å². The van der Waals surface area contributed by atoms with Gasteiger partial charge >= 0.3 is 11.7 Å². The second-order valence-corrected chi connectivity index (χ2v) is 6.29. The van der Waals surface area contributed by atoms with Crippen molar-refractivity contribution >= 4 is 6.03 Å². The van der Waals surface area contributed by atoms with Gasteiger partial charge in [-0.2, -0.15) is 5.10 Å². The highest BCUT2D eigenvalue weighted by molar-refractivity contribution is 5.74. The Morgan fingerprint density at radius 1 is 1.40 bits per heavy atom. The van der Waals surface area contributed by atoms with E-state index in [2.05, 4.69) is 20.7 Å². The summed E-state index contributed by atoms with van der Waals surface area (Å²) in [5, 5.41) is 10.1. The number of nitrogens with one attached hydrogen (secondary N) is 2. The first-order chi connectivity index (χ1) is 12.1. The average molecular weight is 344 g/mol. The number of carbonyl (C=O) groups is 1. The number of aryl methyl sites for hydroxylation is 2. The van der Waals surface area contributed by atoms with Gasteiger partial charge in [-0.3, -0.25) is 9.55 Å². The quantitative estimate of drug-likeness (QED) is 0.771. The van der Waals surface area contributed by atoms with Gasteiger partial charge in [0.1, 0.15) is 5.82 Å². The Labute approximate surface area is 146 Å². The van der Waals surface area contributed by atoms with E-state index < -0.39 is 0 Å². The van der Waals surface area contributed by atoms with Crippen molar-refractivity contribution in [1.82, 2.24) is 30.0 Å². The Morgan fingerprint density at radius 2 is 2.28 bits per heavy atom. The molecule has 0 saturated heterocycles. The van der Waals surface area contributed by atoms with Crippen LogP contribution in [0.1, 0.15) is 43.6 Å². The molecule has 25 heavy (non-hydrogen) atoms. The van der Waals surface area contributed by atoms with Crippen LogP contribution in [0.3, 0.4) is 0 Å². The molecule has 3 heterocycles. The van der Waals surface area contributed by atoms with Gasteiger partial charge in [-0.05, 0) is 37.8 Å². The average Bonchev–Trinajstić information content (AvgIpc) is 2.96. The number of pyridine rings is 1. The molecular formula is C17H24N6O2. The van der Waals surface area contributed by atoms with E-state index in [1.54, 1.807) is 17.0 Å². The first kappa shape index (κ1) is 17.2.